The molecule has 8 N–H and O–H groups in total. The lowest BCUT2D eigenvalue weighted by Crippen LogP contribution is -2.59. The van der Waals surface area contributed by atoms with Crippen LogP contribution in [0, 0.1) is 0 Å². The molecule has 0 spiro atoms. The van der Waals surface area contributed by atoms with Crippen molar-refractivity contribution in [2.75, 3.05) is 0 Å². The van der Waals surface area contributed by atoms with Crippen molar-refractivity contribution < 1.29 is 29.4 Å². The number of aromatic amines is 2. The van der Waals surface area contributed by atoms with Crippen molar-refractivity contribution in [2.45, 2.75) is 56.4 Å². The molecule has 0 saturated heterocycles. The number of aromatic nitrogens is 2. The second-order valence-electron chi connectivity index (χ2n) is 13.4. The molecular formula is C41H40N6O6. The summed E-state index contributed by atoms with van der Waals surface area (Å²) >= 11 is 0. The average Bonchev–Trinajstić information content (AvgIpc) is 3.76. The van der Waals surface area contributed by atoms with Crippen molar-refractivity contribution in [1.82, 2.24) is 31.2 Å². The lowest BCUT2D eigenvalue weighted by Gasteiger charge is -2.28. The Bertz CT molecular complexity index is 2260. The monoisotopic (exact) mass is 712 g/mol. The van der Waals surface area contributed by atoms with Crippen LogP contribution in [0.5, 0.6) is 5.75 Å². The van der Waals surface area contributed by atoms with Crippen LogP contribution in [0.25, 0.3) is 21.8 Å². The van der Waals surface area contributed by atoms with Crippen molar-refractivity contribution in [3.8, 4) is 5.75 Å². The highest BCUT2D eigenvalue weighted by atomic mass is 16.4. The number of fused-ring (bicyclic) bond motifs is 4. The minimum absolute atomic E-state index is 0.0170. The van der Waals surface area contributed by atoms with Gasteiger partial charge in [-0.25, -0.2) is 4.79 Å². The number of H-pyrrole nitrogens is 2. The number of phenolic OH excluding ortho intramolecular Hbond substituents is 1. The smallest absolute Gasteiger partial charge is 0.326 e. The Morgan fingerprint density at radius 3 is 2.00 bits per heavy atom. The maximum atomic E-state index is 14.2. The number of carboxylic acid groups (broad SMARTS) is 1. The quantitative estimate of drug-likeness (QED) is 0.0898. The van der Waals surface area contributed by atoms with Gasteiger partial charge in [-0.2, -0.15) is 0 Å². The molecule has 4 atom stereocenters. The summed E-state index contributed by atoms with van der Waals surface area (Å²) in [5.74, 6) is -2.84. The van der Waals surface area contributed by atoms with E-state index in [0.29, 0.717) is 18.5 Å². The summed E-state index contributed by atoms with van der Waals surface area (Å²) in [6, 6.07) is 26.6. The number of benzene rings is 4. The molecule has 0 fully saturated rings. The van der Waals surface area contributed by atoms with E-state index in [0.717, 1.165) is 44.2 Å². The largest absolute Gasteiger partial charge is 0.508 e. The zero-order chi connectivity index (χ0) is 36.9. The predicted octanol–water partition coefficient (Wildman–Crippen LogP) is 3.64. The van der Waals surface area contributed by atoms with Gasteiger partial charge in [0.15, 0.2) is 0 Å². The molecule has 0 bridgehead atoms. The summed E-state index contributed by atoms with van der Waals surface area (Å²) in [5, 5.41) is 33.6. The second-order valence-corrected chi connectivity index (χ2v) is 13.4. The van der Waals surface area contributed by atoms with E-state index in [1.165, 1.54) is 12.1 Å². The molecular weight excluding hydrogens is 672 g/mol. The van der Waals surface area contributed by atoms with Gasteiger partial charge >= 0.3 is 5.97 Å². The SMILES string of the molecule is O=C(N[C@@H](Cc1ccc(O)cc1)C(=O)N[C@@H](Cc1ccccc1)C(=O)N[C@@H](Cc1c[nH]c2ccccc12)C(=O)O)C1Cc2c([nH]c3ccccc23)CN1. The van der Waals surface area contributed by atoms with E-state index in [9.17, 15) is 29.4 Å². The minimum atomic E-state index is -1.28. The fourth-order valence-corrected chi connectivity index (χ4v) is 7.00. The van der Waals surface area contributed by atoms with Gasteiger partial charge in [-0.15, -0.1) is 0 Å². The van der Waals surface area contributed by atoms with Crippen molar-refractivity contribution in [2.24, 2.45) is 0 Å². The Labute approximate surface area is 305 Å². The van der Waals surface area contributed by atoms with E-state index in [1.54, 1.807) is 18.3 Å². The van der Waals surface area contributed by atoms with E-state index >= 15 is 0 Å². The normalized spacial score (nSPS) is 15.6. The number of aliphatic carboxylic acids is 1. The topological polar surface area (TPSA) is 188 Å². The fraction of sp³-hybridized carbons (Fsp3) is 0.220. The zero-order valence-corrected chi connectivity index (χ0v) is 28.8. The van der Waals surface area contributed by atoms with Gasteiger partial charge in [0.2, 0.25) is 17.7 Å². The fourth-order valence-electron chi connectivity index (χ4n) is 7.00. The summed E-state index contributed by atoms with van der Waals surface area (Å²) in [5.41, 5.74) is 6.03. The molecule has 270 valence electrons. The number of para-hydroxylation sites is 2. The first kappa shape index (κ1) is 35.0. The molecule has 4 aromatic carbocycles. The Morgan fingerprint density at radius 1 is 0.679 bits per heavy atom. The number of phenols is 1. The van der Waals surface area contributed by atoms with Gasteiger partial charge < -0.3 is 36.1 Å². The highest BCUT2D eigenvalue weighted by Gasteiger charge is 2.33. The average molecular weight is 713 g/mol. The van der Waals surface area contributed by atoms with Gasteiger partial charge in [-0.05, 0) is 52.9 Å². The molecule has 2 aromatic heterocycles. The van der Waals surface area contributed by atoms with Gasteiger partial charge in [0, 0.05) is 59.5 Å². The molecule has 12 nitrogen and oxygen atoms in total. The molecule has 3 heterocycles. The predicted molar refractivity (Wildman–Crippen MR) is 200 cm³/mol. The second kappa shape index (κ2) is 15.5. The van der Waals surface area contributed by atoms with Crippen LogP contribution in [-0.4, -0.2) is 68.0 Å². The van der Waals surface area contributed by atoms with Crippen molar-refractivity contribution >= 4 is 45.5 Å². The number of amides is 3. The molecule has 1 aliphatic rings. The molecule has 0 saturated carbocycles. The van der Waals surface area contributed by atoms with E-state index in [1.807, 2.05) is 78.9 Å². The van der Waals surface area contributed by atoms with Crippen LogP contribution >= 0.6 is 0 Å². The number of aromatic hydroxyl groups is 1. The maximum absolute atomic E-state index is 14.2. The summed E-state index contributed by atoms with van der Waals surface area (Å²) < 4.78 is 0. The van der Waals surface area contributed by atoms with Gasteiger partial charge in [-0.1, -0.05) is 78.9 Å². The number of carbonyl (C=O) groups is 4. The van der Waals surface area contributed by atoms with E-state index in [2.05, 4.69) is 31.2 Å². The number of hydrogen-bond acceptors (Lipinski definition) is 6. The van der Waals surface area contributed by atoms with E-state index in [-0.39, 0.29) is 30.9 Å². The highest BCUT2D eigenvalue weighted by Crippen LogP contribution is 2.27. The van der Waals surface area contributed by atoms with E-state index in [4.69, 9.17) is 0 Å². The number of nitrogens with one attached hydrogen (secondary N) is 6. The molecule has 6 aromatic rings. The summed E-state index contributed by atoms with van der Waals surface area (Å²) in [6.07, 6.45) is 2.30. The Hall–Kier alpha value is -6.40. The van der Waals surface area contributed by atoms with Crippen LogP contribution in [0.2, 0.25) is 0 Å². The van der Waals surface area contributed by atoms with Gasteiger partial charge in [0.1, 0.15) is 23.9 Å². The van der Waals surface area contributed by atoms with Crippen LogP contribution in [0.15, 0.2) is 109 Å². The Morgan fingerprint density at radius 2 is 1.28 bits per heavy atom. The molecule has 3 amide bonds. The maximum Gasteiger partial charge on any atom is 0.326 e. The molecule has 0 aliphatic carbocycles. The van der Waals surface area contributed by atoms with Gasteiger partial charge in [-0.3, -0.25) is 19.7 Å². The summed E-state index contributed by atoms with van der Waals surface area (Å²) in [4.78, 5) is 61.0. The van der Waals surface area contributed by atoms with Crippen LogP contribution in [0.4, 0.5) is 0 Å². The number of rotatable bonds is 13. The first-order valence-electron chi connectivity index (χ1n) is 17.5. The molecule has 1 aliphatic heterocycles. The van der Waals surface area contributed by atoms with E-state index < -0.39 is 42.0 Å². The van der Waals surface area contributed by atoms with Crippen LogP contribution in [0.3, 0.4) is 0 Å². The molecule has 0 radical (unpaired) electrons. The minimum Gasteiger partial charge on any atom is -0.508 e. The Kier molecular flexibility index (Phi) is 10.2. The zero-order valence-electron chi connectivity index (χ0n) is 28.8. The Balaban J connectivity index is 1.11. The van der Waals surface area contributed by atoms with Gasteiger partial charge in [0.25, 0.3) is 0 Å². The third-order valence-corrected chi connectivity index (χ3v) is 9.79. The van der Waals surface area contributed by atoms with Gasteiger partial charge in [0.05, 0.1) is 6.04 Å². The first-order chi connectivity index (χ1) is 25.7. The van der Waals surface area contributed by atoms with Crippen molar-refractivity contribution in [3.63, 3.8) is 0 Å². The molecule has 53 heavy (non-hydrogen) atoms. The number of carbonyl (C=O) groups excluding carboxylic acids is 3. The highest BCUT2D eigenvalue weighted by molar-refractivity contribution is 5.95. The first-order valence-corrected chi connectivity index (χ1v) is 17.5. The molecule has 12 heteroatoms. The lowest BCUT2D eigenvalue weighted by atomic mass is 9.97. The third-order valence-electron chi connectivity index (χ3n) is 9.79. The molecule has 1 unspecified atom stereocenters. The summed E-state index contributed by atoms with van der Waals surface area (Å²) in [6.45, 7) is 0.444. The van der Waals surface area contributed by atoms with Crippen LogP contribution in [0.1, 0.15) is 27.9 Å². The van der Waals surface area contributed by atoms with Crippen LogP contribution in [-0.2, 0) is 51.4 Å². The summed E-state index contributed by atoms with van der Waals surface area (Å²) in [7, 11) is 0. The van der Waals surface area contributed by atoms with Crippen LogP contribution < -0.4 is 21.3 Å². The lowest BCUT2D eigenvalue weighted by molar-refractivity contribution is -0.142. The number of hydrogen-bond donors (Lipinski definition) is 8. The standard InChI is InChI=1S/C41H40N6O6/c48-27-16-14-25(15-17-27)19-35(45-38(49)33-21-30-29-11-5-7-13-32(29)44-37(30)23-43-33)39(50)46-34(18-24-8-2-1-3-9-24)40(51)47-36(41(52)53)20-26-22-42-31-12-6-4-10-28(26)31/h1-17,22,33-36,42-44,48H,18-21,23H2,(H,45,49)(H,46,50)(H,47,51)(H,52,53)/t33?,34-,35-,36-/m0/s1. The molecule has 7 rings (SSSR count). The van der Waals surface area contributed by atoms with Crippen molar-refractivity contribution in [3.05, 3.63) is 137 Å². The third kappa shape index (κ3) is 8.08. The number of carboxylic acids is 1. The van der Waals surface area contributed by atoms with Crippen molar-refractivity contribution in [1.29, 1.82) is 0 Å².